The van der Waals surface area contributed by atoms with Crippen LogP contribution in [-0.4, -0.2) is 111 Å². The lowest BCUT2D eigenvalue weighted by atomic mass is 10.0. The first-order chi connectivity index (χ1) is 32.7. The summed E-state index contributed by atoms with van der Waals surface area (Å²) in [6, 6.07) is 25.8. The number of ether oxygens (including phenoxy) is 2. The molecule has 2 amide bonds. The fourth-order valence-electron chi connectivity index (χ4n) is 7.43. The second-order valence-corrected chi connectivity index (χ2v) is 18.0. The SMILES string of the molecule is COc1ccccc1-c1c[nH]c2ncc(-c3cncc(CC(=O)N(C)C)n3)cc12.COc1ccccc1-c1cn(S(=O)(=O)c2ccc(C)cc2)c2ncc(-c3cncc(CC(=O)N(C)C)n3)cc12. The molecule has 0 atom stereocenters. The maximum atomic E-state index is 13.7. The van der Waals surface area contributed by atoms with E-state index in [0.29, 0.717) is 45.0 Å². The highest BCUT2D eigenvalue weighted by molar-refractivity contribution is 7.90. The number of aryl methyl sites for hydroxylation is 1. The second-order valence-electron chi connectivity index (χ2n) is 16.2. The molecule has 0 unspecified atom stereocenters. The summed E-state index contributed by atoms with van der Waals surface area (Å²) in [7, 11) is 6.10. The summed E-state index contributed by atoms with van der Waals surface area (Å²) < 4.78 is 39.8. The summed E-state index contributed by atoms with van der Waals surface area (Å²) in [6.07, 6.45) is 13.6. The van der Waals surface area contributed by atoms with Crippen LogP contribution in [0.3, 0.4) is 0 Å². The van der Waals surface area contributed by atoms with Crippen LogP contribution in [0.1, 0.15) is 17.0 Å². The van der Waals surface area contributed by atoms with E-state index in [-0.39, 0.29) is 35.2 Å². The number of rotatable bonds is 12. The Bertz CT molecular complexity index is 3420. The molecular formula is C51H48N10O6S. The largest absolute Gasteiger partial charge is 0.496 e. The topological polar surface area (TPSA) is 191 Å². The van der Waals surface area contributed by atoms with Crippen LogP contribution in [0.4, 0.5) is 0 Å². The standard InChI is InChI=1S/C29H27N5O4S.C22H21N5O2/c1-19-9-11-22(12-10-19)39(36,37)34-18-25(23-7-5-6-8-27(23)38-4)24-13-20(15-31-29(24)34)26-17-30-16-21(32-26)14-28(35)33(2)3;1-27(2)21(28)9-15-11-23-13-19(26-15)14-8-17-18(12-25-22(17)24-10-14)16-6-4-5-7-20(16)29-3/h5-13,15-18H,14H2,1-4H3;4-8,10-13H,9H2,1-3H3,(H,24,25). The number of H-pyrrole nitrogens is 1. The lowest BCUT2D eigenvalue weighted by Gasteiger charge is -2.10. The van der Waals surface area contributed by atoms with E-state index in [1.165, 1.54) is 8.87 Å². The van der Waals surface area contributed by atoms with Crippen LogP contribution in [0.2, 0.25) is 0 Å². The Balaban J connectivity index is 0.000000192. The number of nitrogens with one attached hydrogen (secondary N) is 1. The number of carbonyl (C=O) groups is 2. The van der Waals surface area contributed by atoms with Gasteiger partial charge in [-0.05, 0) is 43.3 Å². The molecule has 3 aromatic carbocycles. The van der Waals surface area contributed by atoms with E-state index in [2.05, 4.69) is 34.9 Å². The van der Waals surface area contributed by atoms with Gasteiger partial charge in [0.2, 0.25) is 11.8 Å². The summed E-state index contributed by atoms with van der Waals surface area (Å²) >= 11 is 0. The van der Waals surface area contributed by atoms with Crippen molar-refractivity contribution in [1.29, 1.82) is 0 Å². The van der Waals surface area contributed by atoms with Gasteiger partial charge in [0.1, 0.15) is 17.1 Å². The van der Waals surface area contributed by atoms with Gasteiger partial charge in [0.25, 0.3) is 10.0 Å². The van der Waals surface area contributed by atoms with Crippen molar-refractivity contribution < 1.29 is 27.5 Å². The van der Waals surface area contributed by atoms with Gasteiger partial charge in [-0.15, -0.1) is 0 Å². The molecule has 0 saturated heterocycles. The Hall–Kier alpha value is -8.31. The van der Waals surface area contributed by atoms with Crippen LogP contribution in [0.15, 0.2) is 139 Å². The molecule has 0 aliphatic rings. The third kappa shape index (κ3) is 9.64. The molecule has 0 aliphatic carbocycles. The number of carbonyl (C=O) groups excluding carboxylic acids is 2. The first-order valence-electron chi connectivity index (χ1n) is 21.4. The van der Waals surface area contributed by atoms with Gasteiger partial charge in [0.15, 0.2) is 5.65 Å². The van der Waals surface area contributed by atoms with Crippen molar-refractivity contribution in [3.05, 3.63) is 151 Å². The Morgan fingerprint density at radius 1 is 0.632 bits per heavy atom. The molecule has 9 rings (SSSR count). The van der Waals surface area contributed by atoms with Crippen molar-refractivity contribution in [2.75, 3.05) is 42.4 Å². The zero-order valence-electron chi connectivity index (χ0n) is 38.5. The molecular weight excluding hydrogens is 881 g/mol. The fourth-order valence-corrected chi connectivity index (χ4v) is 8.75. The van der Waals surface area contributed by atoms with Gasteiger partial charge in [0, 0.05) is 110 Å². The van der Waals surface area contributed by atoms with Crippen molar-refractivity contribution in [1.82, 2.24) is 48.7 Å². The van der Waals surface area contributed by atoms with Crippen LogP contribution in [0, 0.1) is 6.92 Å². The number of hydrogen-bond donors (Lipinski definition) is 1. The molecule has 0 saturated carbocycles. The molecule has 6 aromatic heterocycles. The van der Waals surface area contributed by atoms with E-state index in [0.717, 1.165) is 44.6 Å². The average Bonchev–Trinajstić information content (AvgIpc) is 3.96. The van der Waals surface area contributed by atoms with Crippen LogP contribution in [-0.2, 0) is 32.5 Å². The van der Waals surface area contributed by atoms with Gasteiger partial charge in [0.05, 0.1) is 67.1 Å². The molecule has 9 aromatic rings. The predicted molar refractivity (Wildman–Crippen MR) is 260 cm³/mol. The van der Waals surface area contributed by atoms with Gasteiger partial charge < -0.3 is 24.3 Å². The van der Waals surface area contributed by atoms with Gasteiger partial charge in [-0.2, -0.15) is 0 Å². The summed E-state index contributed by atoms with van der Waals surface area (Å²) in [5.41, 5.74) is 9.16. The minimum atomic E-state index is -3.95. The summed E-state index contributed by atoms with van der Waals surface area (Å²) in [6.45, 7) is 1.90. The molecule has 6 heterocycles. The van der Waals surface area contributed by atoms with E-state index in [1.807, 2.05) is 73.8 Å². The van der Waals surface area contributed by atoms with E-state index in [4.69, 9.17) is 9.47 Å². The summed E-state index contributed by atoms with van der Waals surface area (Å²) in [5.74, 6) is 1.28. The molecule has 0 aliphatic heterocycles. The Morgan fingerprint density at radius 3 is 1.69 bits per heavy atom. The summed E-state index contributed by atoms with van der Waals surface area (Å²) in [4.78, 5) is 57.5. The number of para-hydroxylation sites is 2. The molecule has 0 fully saturated rings. The molecule has 16 nitrogen and oxygen atoms in total. The average molecular weight is 929 g/mol. The first kappa shape index (κ1) is 46.2. The number of nitrogens with zero attached hydrogens (tertiary/aromatic N) is 9. The number of fused-ring (bicyclic) bond motifs is 2. The van der Waals surface area contributed by atoms with Gasteiger partial charge >= 0.3 is 0 Å². The van der Waals surface area contributed by atoms with E-state index in [1.54, 1.807) is 115 Å². The minimum absolute atomic E-state index is 0.0193. The predicted octanol–water partition coefficient (Wildman–Crippen LogP) is 7.67. The first-order valence-corrected chi connectivity index (χ1v) is 22.8. The normalized spacial score (nSPS) is 11.2. The smallest absolute Gasteiger partial charge is 0.269 e. The molecule has 0 bridgehead atoms. The quantitative estimate of drug-likeness (QED) is 0.126. The highest BCUT2D eigenvalue weighted by atomic mass is 32.2. The number of methoxy groups -OCH3 is 2. The minimum Gasteiger partial charge on any atom is -0.496 e. The third-order valence-electron chi connectivity index (χ3n) is 11.1. The number of hydrogen-bond acceptors (Lipinski definition) is 12. The van der Waals surface area contributed by atoms with Crippen LogP contribution >= 0.6 is 0 Å². The lowest BCUT2D eigenvalue weighted by molar-refractivity contribution is -0.128. The van der Waals surface area contributed by atoms with Crippen LogP contribution in [0.5, 0.6) is 11.5 Å². The van der Waals surface area contributed by atoms with Crippen LogP contribution < -0.4 is 9.47 Å². The van der Waals surface area contributed by atoms with Gasteiger partial charge in [-0.25, -0.2) is 32.3 Å². The highest BCUT2D eigenvalue weighted by Crippen LogP contribution is 2.39. The molecule has 0 spiro atoms. The summed E-state index contributed by atoms with van der Waals surface area (Å²) in [5, 5.41) is 1.56. The van der Waals surface area contributed by atoms with Crippen LogP contribution in [0.25, 0.3) is 66.8 Å². The Kier molecular flexibility index (Phi) is 13.4. The zero-order valence-corrected chi connectivity index (χ0v) is 39.3. The van der Waals surface area contributed by atoms with Crippen molar-refractivity contribution in [3.8, 4) is 56.3 Å². The highest BCUT2D eigenvalue weighted by Gasteiger charge is 2.25. The maximum Gasteiger partial charge on any atom is 0.269 e. The zero-order chi connectivity index (χ0) is 48.1. The van der Waals surface area contributed by atoms with E-state index < -0.39 is 10.0 Å². The number of amides is 2. The maximum absolute atomic E-state index is 13.7. The molecule has 344 valence electrons. The number of aromatic nitrogens is 8. The number of pyridine rings is 2. The monoisotopic (exact) mass is 928 g/mol. The van der Waals surface area contributed by atoms with Crippen molar-refractivity contribution >= 4 is 43.9 Å². The number of aromatic amines is 1. The van der Waals surface area contributed by atoms with Crippen molar-refractivity contribution in [3.63, 3.8) is 0 Å². The van der Waals surface area contributed by atoms with E-state index >= 15 is 0 Å². The molecule has 17 heteroatoms. The molecule has 68 heavy (non-hydrogen) atoms. The number of likely N-dealkylation sites (N-methyl/N-ethyl adjacent to an activating group) is 2. The Labute approximate surface area is 393 Å². The second kappa shape index (κ2) is 19.7. The molecule has 0 radical (unpaired) electrons. The van der Waals surface area contributed by atoms with Gasteiger partial charge in [-0.1, -0.05) is 54.1 Å². The number of benzene rings is 3. The van der Waals surface area contributed by atoms with Gasteiger partial charge in [-0.3, -0.25) is 19.6 Å². The van der Waals surface area contributed by atoms with Crippen molar-refractivity contribution in [2.24, 2.45) is 0 Å². The molecule has 1 N–H and O–H groups in total. The lowest BCUT2D eigenvalue weighted by Crippen LogP contribution is -2.24. The fraction of sp³-hybridized carbons (Fsp3) is 0.176. The van der Waals surface area contributed by atoms with Crippen molar-refractivity contribution in [2.45, 2.75) is 24.7 Å². The Morgan fingerprint density at radius 2 is 1.15 bits per heavy atom. The van der Waals surface area contributed by atoms with E-state index in [9.17, 15) is 18.0 Å². The third-order valence-corrected chi connectivity index (χ3v) is 12.8.